The average Bonchev–Trinajstić information content (AvgIpc) is 2.47. The number of nitrogens with two attached hydrogens (primary N) is 1. The average molecular weight is 270 g/mol. The summed E-state index contributed by atoms with van der Waals surface area (Å²) in [5.41, 5.74) is 7.72. The molecule has 2 rings (SSSR count). The van der Waals surface area contributed by atoms with Gasteiger partial charge < -0.3 is 16.3 Å². The summed E-state index contributed by atoms with van der Waals surface area (Å²) in [5.74, 6) is -0.324. The molecule has 6 heteroatoms. The molecule has 4 N–H and O–H groups in total. The van der Waals surface area contributed by atoms with E-state index in [4.69, 9.17) is 10.9 Å². The van der Waals surface area contributed by atoms with Gasteiger partial charge in [0.05, 0.1) is 0 Å². The number of aryl methyl sites for hydroxylation is 1. The summed E-state index contributed by atoms with van der Waals surface area (Å²) in [7, 11) is 0. The van der Waals surface area contributed by atoms with E-state index in [1.807, 2.05) is 13.0 Å². The first-order valence-electron chi connectivity index (χ1n) is 5.92. The number of carbonyl (C=O) groups is 1. The fourth-order valence-electron chi connectivity index (χ4n) is 1.73. The largest absolute Gasteiger partial charge is 0.409 e. The van der Waals surface area contributed by atoms with Crippen LogP contribution < -0.4 is 11.1 Å². The first-order valence-corrected chi connectivity index (χ1v) is 5.92. The smallest absolute Gasteiger partial charge is 0.274 e. The highest BCUT2D eigenvalue weighted by Gasteiger charge is 2.10. The van der Waals surface area contributed by atoms with E-state index in [9.17, 15) is 4.79 Å². The van der Waals surface area contributed by atoms with Gasteiger partial charge in [0, 0.05) is 17.4 Å². The minimum absolute atomic E-state index is 0.0184. The highest BCUT2D eigenvalue weighted by molar-refractivity contribution is 6.05. The summed E-state index contributed by atoms with van der Waals surface area (Å²) in [5, 5.41) is 14.3. The van der Waals surface area contributed by atoms with Gasteiger partial charge in [0.25, 0.3) is 5.91 Å². The van der Waals surface area contributed by atoms with Crippen molar-refractivity contribution in [2.75, 3.05) is 5.32 Å². The lowest BCUT2D eigenvalue weighted by Crippen LogP contribution is -2.17. The fraction of sp³-hybridized carbons (Fsp3) is 0.0714. The molecule has 102 valence electrons. The number of carbonyl (C=O) groups excluding carboxylic acids is 1. The molecule has 0 bridgehead atoms. The number of rotatable bonds is 3. The van der Waals surface area contributed by atoms with Gasteiger partial charge in [0.1, 0.15) is 5.69 Å². The molecule has 0 atom stereocenters. The normalized spacial score (nSPS) is 11.2. The molecular weight excluding hydrogens is 256 g/mol. The van der Waals surface area contributed by atoms with E-state index in [1.165, 1.54) is 0 Å². The zero-order valence-corrected chi connectivity index (χ0v) is 10.9. The maximum atomic E-state index is 12.1. The van der Waals surface area contributed by atoms with Crippen LogP contribution in [-0.2, 0) is 0 Å². The molecule has 6 nitrogen and oxygen atoms in total. The lowest BCUT2D eigenvalue weighted by Gasteiger charge is -2.08. The summed E-state index contributed by atoms with van der Waals surface area (Å²) in [4.78, 5) is 16.1. The summed E-state index contributed by atoms with van der Waals surface area (Å²) in [6.07, 6.45) is 1.56. The lowest BCUT2D eigenvalue weighted by atomic mass is 10.1. The Bertz CT molecular complexity index is 668. The molecule has 1 aromatic carbocycles. The van der Waals surface area contributed by atoms with Gasteiger partial charge in [-0.1, -0.05) is 23.4 Å². The van der Waals surface area contributed by atoms with E-state index in [0.29, 0.717) is 16.9 Å². The number of pyridine rings is 1. The molecule has 0 radical (unpaired) electrons. The highest BCUT2D eigenvalue weighted by atomic mass is 16.4. The van der Waals surface area contributed by atoms with E-state index < -0.39 is 0 Å². The summed E-state index contributed by atoms with van der Waals surface area (Å²) < 4.78 is 0. The first-order chi connectivity index (χ1) is 9.61. The number of hydrogen-bond donors (Lipinski definition) is 3. The summed E-state index contributed by atoms with van der Waals surface area (Å²) in [6.45, 7) is 1.81. The highest BCUT2D eigenvalue weighted by Crippen LogP contribution is 2.13. The molecular formula is C14H14N4O2. The Morgan fingerprint density at radius 3 is 2.85 bits per heavy atom. The standard InChI is InChI=1S/C14H14N4O2/c1-9-4-3-7-16-12(9)14(19)17-11-6-2-5-10(8-11)13(15)18-20/h2-8,20H,1H3,(H2,15,18)(H,17,19). The Balaban J connectivity index is 2.23. The van der Waals surface area contributed by atoms with Crippen LogP contribution in [0, 0.1) is 6.92 Å². The predicted molar refractivity (Wildman–Crippen MR) is 75.9 cm³/mol. The van der Waals surface area contributed by atoms with E-state index in [2.05, 4.69) is 15.5 Å². The molecule has 0 unspecified atom stereocenters. The molecule has 0 aliphatic heterocycles. The van der Waals surface area contributed by atoms with Crippen molar-refractivity contribution in [3.05, 3.63) is 59.4 Å². The Morgan fingerprint density at radius 2 is 2.15 bits per heavy atom. The zero-order chi connectivity index (χ0) is 14.5. The second kappa shape index (κ2) is 5.83. The zero-order valence-electron chi connectivity index (χ0n) is 10.9. The second-order valence-electron chi connectivity index (χ2n) is 4.19. The number of amidine groups is 1. The Kier molecular flexibility index (Phi) is 3.95. The van der Waals surface area contributed by atoms with E-state index in [1.54, 1.807) is 36.5 Å². The number of hydrogen-bond acceptors (Lipinski definition) is 4. The molecule has 0 aliphatic carbocycles. The number of nitrogens with zero attached hydrogens (tertiary/aromatic N) is 2. The van der Waals surface area contributed by atoms with Crippen molar-refractivity contribution in [2.45, 2.75) is 6.92 Å². The van der Waals surface area contributed by atoms with Crippen molar-refractivity contribution in [3.8, 4) is 0 Å². The third-order valence-electron chi connectivity index (χ3n) is 2.75. The van der Waals surface area contributed by atoms with E-state index >= 15 is 0 Å². The van der Waals surface area contributed by atoms with Crippen LogP contribution in [0.1, 0.15) is 21.6 Å². The molecule has 0 saturated carbocycles. The number of oxime groups is 1. The maximum absolute atomic E-state index is 12.1. The quantitative estimate of drug-likeness (QED) is 0.342. The number of amides is 1. The molecule has 0 spiro atoms. The minimum Gasteiger partial charge on any atom is -0.409 e. The molecule has 1 heterocycles. The second-order valence-corrected chi connectivity index (χ2v) is 4.19. The van der Waals surface area contributed by atoms with Gasteiger partial charge in [-0.15, -0.1) is 0 Å². The topological polar surface area (TPSA) is 101 Å². The maximum Gasteiger partial charge on any atom is 0.274 e. The molecule has 2 aromatic rings. The van der Waals surface area contributed by atoms with Crippen LogP contribution in [0.3, 0.4) is 0 Å². The first kappa shape index (κ1) is 13.5. The van der Waals surface area contributed by atoms with Crippen LogP contribution in [0.25, 0.3) is 0 Å². The van der Waals surface area contributed by atoms with Crippen LogP contribution >= 0.6 is 0 Å². The van der Waals surface area contributed by atoms with Crippen LogP contribution in [0.4, 0.5) is 5.69 Å². The molecule has 0 aliphatic rings. The van der Waals surface area contributed by atoms with Crippen molar-refractivity contribution in [1.82, 2.24) is 4.98 Å². The van der Waals surface area contributed by atoms with Gasteiger partial charge in [0.2, 0.25) is 0 Å². The number of benzene rings is 1. The molecule has 0 saturated heterocycles. The Labute approximate surface area is 115 Å². The van der Waals surface area contributed by atoms with Gasteiger partial charge in [0.15, 0.2) is 5.84 Å². The monoisotopic (exact) mass is 270 g/mol. The number of nitrogens with one attached hydrogen (secondary N) is 1. The SMILES string of the molecule is Cc1cccnc1C(=O)Nc1cccc(C(N)=NO)c1. The molecule has 1 amide bonds. The van der Waals surface area contributed by atoms with Gasteiger partial charge in [-0.3, -0.25) is 9.78 Å². The summed E-state index contributed by atoms with van der Waals surface area (Å²) in [6, 6.07) is 10.3. The predicted octanol–water partition coefficient (Wildman–Crippen LogP) is 1.74. The van der Waals surface area contributed by atoms with Crippen LogP contribution in [0.15, 0.2) is 47.8 Å². The Morgan fingerprint density at radius 1 is 1.35 bits per heavy atom. The van der Waals surface area contributed by atoms with Crippen molar-refractivity contribution < 1.29 is 10.0 Å². The number of aromatic nitrogens is 1. The molecule has 0 fully saturated rings. The van der Waals surface area contributed by atoms with Gasteiger partial charge in [-0.25, -0.2) is 0 Å². The van der Waals surface area contributed by atoms with Crippen molar-refractivity contribution in [1.29, 1.82) is 0 Å². The Hall–Kier alpha value is -2.89. The van der Waals surface area contributed by atoms with Gasteiger partial charge >= 0.3 is 0 Å². The van der Waals surface area contributed by atoms with Crippen molar-refractivity contribution in [2.24, 2.45) is 10.9 Å². The number of anilines is 1. The molecule has 20 heavy (non-hydrogen) atoms. The van der Waals surface area contributed by atoms with E-state index in [-0.39, 0.29) is 11.7 Å². The van der Waals surface area contributed by atoms with Crippen molar-refractivity contribution >= 4 is 17.4 Å². The lowest BCUT2D eigenvalue weighted by molar-refractivity contribution is 0.102. The third kappa shape index (κ3) is 2.92. The fourth-order valence-corrected chi connectivity index (χ4v) is 1.73. The summed E-state index contributed by atoms with van der Waals surface area (Å²) >= 11 is 0. The minimum atomic E-state index is -0.306. The van der Waals surface area contributed by atoms with Crippen molar-refractivity contribution in [3.63, 3.8) is 0 Å². The van der Waals surface area contributed by atoms with E-state index in [0.717, 1.165) is 5.56 Å². The third-order valence-corrected chi connectivity index (χ3v) is 2.75. The van der Waals surface area contributed by atoms with Crippen LogP contribution in [0.5, 0.6) is 0 Å². The van der Waals surface area contributed by atoms with Crippen LogP contribution in [-0.4, -0.2) is 21.9 Å². The van der Waals surface area contributed by atoms with Crippen LogP contribution in [0.2, 0.25) is 0 Å². The van der Waals surface area contributed by atoms with Gasteiger partial charge in [-0.05, 0) is 30.7 Å². The molecule has 1 aromatic heterocycles. The van der Waals surface area contributed by atoms with Gasteiger partial charge in [-0.2, -0.15) is 0 Å².